The largest absolute Gasteiger partial charge is 0.382 e. The summed E-state index contributed by atoms with van der Waals surface area (Å²) >= 11 is 1.38. The number of carbonyl (C=O) groups is 1. The number of pyridine rings is 1. The number of benzene rings is 1. The molecule has 0 saturated carbocycles. The highest BCUT2D eigenvalue weighted by Crippen LogP contribution is 2.37. The minimum Gasteiger partial charge on any atom is -0.382 e. The summed E-state index contributed by atoms with van der Waals surface area (Å²) in [7, 11) is 0. The predicted octanol–water partition coefficient (Wildman–Crippen LogP) is 3.54. The van der Waals surface area contributed by atoms with Crippen molar-refractivity contribution in [3.05, 3.63) is 49.1 Å². The number of urea groups is 1. The normalized spacial score (nSPS) is 10.8. The van der Waals surface area contributed by atoms with Crippen LogP contribution in [0.15, 0.2) is 49.1 Å². The molecular weight excluding hydrogens is 374 g/mol. The molecule has 4 aromatic rings. The average molecular weight is 391 g/mol. The summed E-state index contributed by atoms with van der Waals surface area (Å²) in [5, 5.41) is 5.98. The van der Waals surface area contributed by atoms with E-state index in [1.54, 1.807) is 18.6 Å². The summed E-state index contributed by atoms with van der Waals surface area (Å²) in [6.45, 7) is 2.39. The van der Waals surface area contributed by atoms with Crippen LogP contribution in [0, 0.1) is 0 Å². The molecule has 1 aromatic carbocycles. The molecule has 28 heavy (non-hydrogen) atoms. The quantitative estimate of drug-likeness (QED) is 0.490. The van der Waals surface area contributed by atoms with Crippen molar-refractivity contribution in [2.75, 3.05) is 17.6 Å². The molecule has 9 heteroatoms. The number of nitrogens with one attached hydrogen (secondary N) is 2. The molecule has 4 rings (SSSR count). The third kappa shape index (κ3) is 3.60. The van der Waals surface area contributed by atoms with E-state index < -0.39 is 0 Å². The number of aromatic nitrogens is 4. The Hall–Kier alpha value is -3.59. The van der Waals surface area contributed by atoms with Crippen molar-refractivity contribution in [1.29, 1.82) is 0 Å². The monoisotopic (exact) mass is 391 g/mol. The lowest BCUT2D eigenvalue weighted by Crippen LogP contribution is -2.28. The number of hydrogen-bond acceptors (Lipinski definition) is 7. The fourth-order valence-electron chi connectivity index (χ4n) is 2.76. The van der Waals surface area contributed by atoms with Crippen LogP contribution < -0.4 is 16.4 Å². The molecule has 0 atom stereocenters. The highest BCUT2D eigenvalue weighted by atomic mass is 32.1. The third-order valence-electron chi connectivity index (χ3n) is 3.99. The number of anilines is 2. The van der Waals surface area contributed by atoms with Crippen molar-refractivity contribution in [2.24, 2.45) is 0 Å². The summed E-state index contributed by atoms with van der Waals surface area (Å²) in [6, 6.07) is 7.56. The maximum Gasteiger partial charge on any atom is 0.321 e. The maximum atomic E-state index is 11.9. The Morgan fingerprint density at radius 2 is 2.07 bits per heavy atom. The third-order valence-corrected chi connectivity index (χ3v) is 5.01. The van der Waals surface area contributed by atoms with E-state index in [1.807, 2.05) is 31.2 Å². The van der Waals surface area contributed by atoms with E-state index in [-0.39, 0.29) is 6.03 Å². The molecule has 3 aromatic heterocycles. The number of nitrogens with two attached hydrogens (primary N) is 1. The first-order chi connectivity index (χ1) is 13.6. The number of hydrogen-bond donors (Lipinski definition) is 3. The number of nitrogen functional groups attached to an aromatic ring is 1. The van der Waals surface area contributed by atoms with Crippen LogP contribution in [-0.4, -0.2) is 32.5 Å². The molecule has 0 aliphatic heterocycles. The van der Waals surface area contributed by atoms with Crippen LogP contribution in [0.4, 0.5) is 15.7 Å². The van der Waals surface area contributed by atoms with Gasteiger partial charge < -0.3 is 11.1 Å². The summed E-state index contributed by atoms with van der Waals surface area (Å²) < 4.78 is 0.901. The Balaban J connectivity index is 1.86. The first kappa shape index (κ1) is 17.8. The number of rotatable bonds is 4. The van der Waals surface area contributed by atoms with Gasteiger partial charge in [0.15, 0.2) is 5.13 Å². The van der Waals surface area contributed by atoms with E-state index in [1.165, 1.54) is 17.5 Å². The number of fused-ring (bicyclic) bond motifs is 1. The molecule has 140 valence electrons. The fourth-order valence-corrected chi connectivity index (χ4v) is 3.72. The van der Waals surface area contributed by atoms with E-state index in [9.17, 15) is 4.79 Å². The van der Waals surface area contributed by atoms with Gasteiger partial charge in [0.1, 0.15) is 5.82 Å². The van der Waals surface area contributed by atoms with Gasteiger partial charge in [-0.25, -0.2) is 14.8 Å². The topological polar surface area (TPSA) is 119 Å². The molecular formula is C19H17N7OS. The Labute approximate surface area is 164 Å². The SMILES string of the molecule is CCNC(=O)Nc1nc2cc(-c3cccnc3)cc(-c3cnc(N)cn3)c2s1. The lowest BCUT2D eigenvalue weighted by atomic mass is 10.0. The summed E-state index contributed by atoms with van der Waals surface area (Å²) in [5.41, 5.74) is 9.89. The van der Waals surface area contributed by atoms with Gasteiger partial charge in [-0.1, -0.05) is 17.4 Å². The first-order valence-corrected chi connectivity index (χ1v) is 9.43. The Kier molecular flexibility index (Phi) is 4.81. The second-order valence-corrected chi connectivity index (χ2v) is 6.94. The molecule has 8 nitrogen and oxygen atoms in total. The molecule has 2 amide bonds. The zero-order valence-electron chi connectivity index (χ0n) is 15.0. The molecule has 4 N–H and O–H groups in total. The summed E-state index contributed by atoms with van der Waals surface area (Å²) in [6.07, 6.45) is 6.67. The lowest BCUT2D eigenvalue weighted by molar-refractivity contribution is 0.252. The molecule has 0 saturated heterocycles. The van der Waals surface area contributed by atoms with Gasteiger partial charge in [0.2, 0.25) is 0 Å². The van der Waals surface area contributed by atoms with Crippen LogP contribution >= 0.6 is 11.3 Å². The Morgan fingerprint density at radius 3 is 2.79 bits per heavy atom. The minimum atomic E-state index is -0.289. The van der Waals surface area contributed by atoms with Crippen LogP contribution in [0.5, 0.6) is 0 Å². The van der Waals surface area contributed by atoms with Crippen molar-refractivity contribution in [3.8, 4) is 22.4 Å². The molecule has 0 fully saturated rings. The number of thiazole rings is 1. The van der Waals surface area contributed by atoms with Gasteiger partial charge in [-0.05, 0) is 30.7 Å². The van der Waals surface area contributed by atoms with Crippen molar-refractivity contribution in [2.45, 2.75) is 6.92 Å². The molecule has 0 aliphatic rings. The van der Waals surface area contributed by atoms with Crippen LogP contribution in [0.25, 0.3) is 32.6 Å². The van der Waals surface area contributed by atoms with Crippen molar-refractivity contribution >= 4 is 38.5 Å². The second kappa shape index (κ2) is 7.57. The van der Waals surface area contributed by atoms with Gasteiger partial charge in [-0.3, -0.25) is 15.3 Å². The fraction of sp³-hybridized carbons (Fsp3) is 0.105. The van der Waals surface area contributed by atoms with Crippen LogP contribution in [0.1, 0.15) is 6.92 Å². The van der Waals surface area contributed by atoms with Crippen LogP contribution in [0.3, 0.4) is 0 Å². The summed E-state index contributed by atoms with van der Waals surface area (Å²) in [5.74, 6) is 0.353. The predicted molar refractivity (Wildman–Crippen MR) is 111 cm³/mol. The van der Waals surface area contributed by atoms with Gasteiger partial charge in [0.25, 0.3) is 0 Å². The highest BCUT2D eigenvalue weighted by molar-refractivity contribution is 7.22. The molecule has 0 bridgehead atoms. The number of carbonyl (C=O) groups excluding carboxylic acids is 1. The van der Waals surface area contributed by atoms with E-state index in [0.717, 1.165) is 26.9 Å². The second-order valence-electron chi connectivity index (χ2n) is 5.94. The number of amides is 2. The molecule has 0 spiro atoms. The first-order valence-electron chi connectivity index (χ1n) is 8.61. The van der Waals surface area contributed by atoms with Gasteiger partial charge >= 0.3 is 6.03 Å². The lowest BCUT2D eigenvalue weighted by Gasteiger charge is -2.07. The molecule has 0 unspecified atom stereocenters. The molecule has 3 heterocycles. The number of nitrogens with zero attached hydrogens (tertiary/aromatic N) is 4. The van der Waals surface area contributed by atoms with Gasteiger partial charge in [0.05, 0.1) is 28.3 Å². The van der Waals surface area contributed by atoms with E-state index >= 15 is 0 Å². The maximum absolute atomic E-state index is 11.9. The zero-order valence-corrected chi connectivity index (χ0v) is 15.8. The van der Waals surface area contributed by atoms with Gasteiger partial charge in [-0.15, -0.1) is 0 Å². The van der Waals surface area contributed by atoms with E-state index in [4.69, 9.17) is 5.73 Å². The average Bonchev–Trinajstić information content (AvgIpc) is 3.11. The smallest absolute Gasteiger partial charge is 0.321 e. The standard InChI is InChI=1S/C19H17N7OS/c1-2-22-18(27)26-19-25-14-7-12(11-4-3-5-21-8-11)6-13(17(14)28-19)15-9-24-16(20)10-23-15/h3-10H,2H2,1H3,(H2,20,24)(H2,22,25,26,27). The van der Waals surface area contributed by atoms with Crippen LogP contribution in [0.2, 0.25) is 0 Å². The Morgan fingerprint density at radius 1 is 1.18 bits per heavy atom. The van der Waals surface area contributed by atoms with Gasteiger partial charge in [0, 0.05) is 30.1 Å². The van der Waals surface area contributed by atoms with Crippen molar-refractivity contribution < 1.29 is 4.79 Å². The Bertz CT molecular complexity index is 1130. The van der Waals surface area contributed by atoms with E-state index in [2.05, 4.69) is 30.6 Å². The summed E-state index contributed by atoms with van der Waals surface area (Å²) in [4.78, 5) is 29.2. The molecule has 0 aliphatic carbocycles. The highest BCUT2D eigenvalue weighted by Gasteiger charge is 2.15. The minimum absolute atomic E-state index is 0.289. The van der Waals surface area contributed by atoms with Gasteiger partial charge in [-0.2, -0.15) is 0 Å². The van der Waals surface area contributed by atoms with Crippen LogP contribution in [-0.2, 0) is 0 Å². The van der Waals surface area contributed by atoms with Crippen molar-refractivity contribution in [3.63, 3.8) is 0 Å². The van der Waals surface area contributed by atoms with E-state index in [0.29, 0.717) is 23.2 Å². The van der Waals surface area contributed by atoms with Crippen molar-refractivity contribution in [1.82, 2.24) is 25.3 Å². The molecule has 0 radical (unpaired) electrons. The zero-order chi connectivity index (χ0) is 19.5.